The van der Waals surface area contributed by atoms with E-state index in [0.717, 1.165) is 29.7 Å². The zero-order valence-electron chi connectivity index (χ0n) is 23.1. The van der Waals surface area contributed by atoms with Crippen molar-refractivity contribution in [3.05, 3.63) is 83.6 Å². The number of anilines is 2. The largest absolute Gasteiger partial charge is 0.445 e. The topological polar surface area (TPSA) is 141 Å². The fourth-order valence-corrected chi connectivity index (χ4v) is 4.75. The molecule has 10 heteroatoms. The third kappa shape index (κ3) is 5.45. The van der Waals surface area contributed by atoms with Crippen LogP contribution in [0.25, 0.3) is 22.4 Å². The Kier molecular flexibility index (Phi) is 6.60. The Morgan fingerprint density at radius 2 is 1.93 bits per heavy atom. The maximum absolute atomic E-state index is 10.1. The molecule has 41 heavy (non-hydrogen) atoms. The molecule has 3 heterocycles. The van der Waals surface area contributed by atoms with Crippen LogP contribution in [-0.4, -0.2) is 31.5 Å². The van der Waals surface area contributed by atoms with Gasteiger partial charge in [0.25, 0.3) is 0 Å². The average Bonchev–Trinajstić information content (AvgIpc) is 3.44. The van der Waals surface area contributed by atoms with E-state index in [0.29, 0.717) is 51.9 Å². The first-order chi connectivity index (χ1) is 19.8. The van der Waals surface area contributed by atoms with Gasteiger partial charge in [-0.2, -0.15) is 10.5 Å². The third-order valence-corrected chi connectivity index (χ3v) is 6.96. The first kappa shape index (κ1) is 26.0. The van der Waals surface area contributed by atoms with Gasteiger partial charge in [0.05, 0.1) is 46.8 Å². The Hall–Kier alpha value is -5.22. The number of nitriles is 2. The molecule has 2 aromatic carbocycles. The van der Waals surface area contributed by atoms with Crippen LogP contribution in [0.15, 0.2) is 65.7 Å². The summed E-state index contributed by atoms with van der Waals surface area (Å²) in [7, 11) is 0. The van der Waals surface area contributed by atoms with Crippen molar-refractivity contribution in [1.29, 1.82) is 10.5 Å². The van der Waals surface area contributed by atoms with Gasteiger partial charge in [-0.15, -0.1) is 5.10 Å². The van der Waals surface area contributed by atoms with Crippen LogP contribution < -0.4 is 10.6 Å². The van der Waals surface area contributed by atoms with Crippen molar-refractivity contribution in [3.8, 4) is 23.6 Å². The average molecular weight is 544 g/mol. The second-order valence-corrected chi connectivity index (χ2v) is 11.5. The van der Waals surface area contributed by atoms with Crippen molar-refractivity contribution in [2.75, 3.05) is 17.2 Å². The van der Waals surface area contributed by atoms with E-state index in [1.165, 1.54) is 6.20 Å². The quantitative estimate of drug-likeness (QED) is 0.233. The van der Waals surface area contributed by atoms with Gasteiger partial charge in [0, 0.05) is 29.4 Å². The minimum absolute atomic E-state index is 0.0252. The summed E-state index contributed by atoms with van der Waals surface area (Å²) in [6.07, 6.45) is 8.85. The Labute approximate surface area is 237 Å². The van der Waals surface area contributed by atoms with E-state index in [-0.39, 0.29) is 11.5 Å². The van der Waals surface area contributed by atoms with Gasteiger partial charge in [-0.1, -0.05) is 38.1 Å². The van der Waals surface area contributed by atoms with Crippen LogP contribution >= 0.6 is 0 Å². The Morgan fingerprint density at radius 1 is 1.10 bits per heavy atom. The molecular formula is C31H29N9O. The fraction of sp³-hybridized carbons (Fsp3) is 0.290. The molecule has 0 bridgehead atoms. The Bertz CT molecular complexity index is 1800. The summed E-state index contributed by atoms with van der Waals surface area (Å²) in [6, 6.07) is 16.2. The second kappa shape index (κ2) is 10.4. The zero-order valence-corrected chi connectivity index (χ0v) is 23.1. The van der Waals surface area contributed by atoms with Gasteiger partial charge in [-0.25, -0.2) is 9.67 Å². The van der Waals surface area contributed by atoms with E-state index in [2.05, 4.69) is 63.8 Å². The molecule has 1 saturated carbocycles. The molecule has 0 spiro atoms. The molecule has 6 rings (SSSR count). The predicted molar refractivity (Wildman–Crippen MR) is 155 cm³/mol. The van der Waals surface area contributed by atoms with Crippen LogP contribution in [0.5, 0.6) is 0 Å². The third-order valence-electron chi connectivity index (χ3n) is 6.96. The highest BCUT2D eigenvalue weighted by Crippen LogP contribution is 2.37. The van der Waals surface area contributed by atoms with Crippen LogP contribution in [0.2, 0.25) is 0 Å². The number of oxazole rings is 1. The number of benzene rings is 2. The lowest BCUT2D eigenvalue weighted by atomic mass is 9.96. The minimum atomic E-state index is -0.389. The van der Waals surface area contributed by atoms with Gasteiger partial charge >= 0.3 is 0 Å². The molecule has 5 aromatic rings. The van der Waals surface area contributed by atoms with Gasteiger partial charge in [0.1, 0.15) is 24.1 Å². The smallest absolute Gasteiger partial charge is 0.225 e. The molecule has 1 fully saturated rings. The number of nitrogens with one attached hydrogen (secondary N) is 2. The normalized spacial score (nSPS) is 13.9. The van der Waals surface area contributed by atoms with Crippen LogP contribution in [-0.2, 0) is 0 Å². The Morgan fingerprint density at radius 3 is 2.63 bits per heavy atom. The highest BCUT2D eigenvalue weighted by atomic mass is 16.3. The second-order valence-electron chi connectivity index (χ2n) is 11.5. The first-order valence-corrected chi connectivity index (χ1v) is 13.5. The number of pyridine rings is 1. The number of rotatable bonds is 8. The molecule has 0 radical (unpaired) electrons. The number of fused-ring (bicyclic) bond motifs is 1. The van der Waals surface area contributed by atoms with Crippen LogP contribution in [0.1, 0.15) is 68.1 Å². The summed E-state index contributed by atoms with van der Waals surface area (Å²) < 4.78 is 7.46. The van der Waals surface area contributed by atoms with Gasteiger partial charge in [-0.05, 0) is 48.1 Å². The zero-order chi connectivity index (χ0) is 28.6. The van der Waals surface area contributed by atoms with Gasteiger partial charge in [-0.3, -0.25) is 4.98 Å². The molecule has 10 nitrogen and oxygen atoms in total. The van der Waals surface area contributed by atoms with E-state index in [9.17, 15) is 10.5 Å². The molecule has 1 atom stereocenters. The SMILES string of the molecule is CC(C)(C)CNc1c(C#N)cnc2c(C#N)cc(N[C@@H](c3cccc(-c4ncco4)c3)c3cn(C4CC4)nn3)cc12. The molecule has 3 aromatic heterocycles. The lowest BCUT2D eigenvalue weighted by Gasteiger charge is -2.22. The van der Waals surface area contributed by atoms with E-state index in [4.69, 9.17) is 4.42 Å². The van der Waals surface area contributed by atoms with Gasteiger partial charge in [0.2, 0.25) is 5.89 Å². The highest BCUT2D eigenvalue weighted by molar-refractivity contribution is 5.99. The van der Waals surface area contributed by atoms with Crippen molar-refractivity contribution in [2.45, 2.75) is 45.7 Å². The van der Waals surface area contributed by atoms with E-state index >= 15 is 0 Å². The molecular weight excluding hydrogens is 514 g/mol. The van der Waals surface area contributed by atoms with E-state index in [1.54, 1.807) is 18.5 Å². The molecule has 0 amide bonds. The summed E-state index contributed by atoms with van der Waals surface area (Å²) in [6.45, 7) is 7.00. The van der Waals surface area contributed by atoms with Crippen LogP contribution in [0.3, 0.4) is 0 Å². The standard InChI is InChI=1S/C31H29N9O/c1-31(2,3)18-36-28-22(15-33)16-35-27-21(14-32)12-23(13-25(27)28)37-29(26-17-40(39-38-26)24-7-8-24)19-5-4-6-20(11-19)30-34-9-10-41-30/h4-6,9-13,16-17,24,29,37H,7-8,18H2,1-3H3,(H,35,36)/t29-/m0/s1. The molecule has 0 saturated heterocycles. The summed E-state index contributed by atoms with van der Waals surface area (Å²) >= 11 is 0. The molecule has 204 valence electrons. The lowest BCUT2D eigenvalue weighted by molar-refractivity contribution is 0.443. The Balaban J connectivity index is 1.46. The van der Waals surface area contributed by atoms with Crippen molar-refractivity contribution in [3.63, 3.8) is 0 Å². The molecule has 2 N–H and O–H groups in total. The number of aromatic nitrogens is 5. The highest BCUT2D eigenvalue weighted by Gasteiger charge is 2.27. The number of hydrogen-bond acceptors (Lipinski definition) is 9. The summed E-state index contributed by atoms with van der Waals surface area (Å²) in [5.74, 6) is 0.523. The van der Waals surface area contributed by atoms with E-state index < -0.39 is 0 Å². The van der Waals surface area contributed by atoms with Crippen LogP contribution in [0.4, 0.5) is 11.4 Å². The van der Waals surface area contributed by atoms with Crippen molar-refractivity contribution >= 4 is 22.3 Å². The summed E-state index contributed by atoms with van der Waals surface area (Å²) in [5.41, 5.74) is 5.20. The first-order valence-electron chi connectivity index (χ1n) is 13.5. The molecule has 1 aliphatic rings. The van der Waals surface area contributed by atoms with Crippen molar-refractivity contribution in [2.24, 2.45) is 5.41 Å². The minimum Gasteiger partial charge on any atom is -0.445 e. The number of nitrogens with zero attached hydrogens (tertiary/aromatic N) is 7. The molecule has 1 aliphatic carbocycles. The lowest BCUT2D eigenvalue weighted by Crippen LogP contribution is -2.20. The van der Waals surface area contributed by atoms with Crippen molar-refractivity contribution in [1.82, 2.24) is 25.0 Å². The van der Waals surface area contributed by atoms with E-state index in [1.807, 2.05) is 41.2 Å². The maximum atomic E-state index is 10.1. The number of hydrogen-bond donors (Lipinski definition) is 2. The van der Waals surface area contributed by atoms with Crippen molar-refractivity contribution < 1.29 is 4.42 Å². The molecule has 0 unspecified atom stereocenters. The monoisotopic (exact) mass is 543 g/mol. The molecule has 0 aliphatic heterocycles. The maximum Gasteiger partial charge on any atom is 0.225 e. The predicted octanol–water partition coefficient (Wildman–Crippen LogP) is 6.22. The fourth-order valence-electron chi connectivity index (χ4n) is 4.75. The summed E-state index contributed by atoms with van der Waals surface area (Å²) in [5, 5.41) is 36.6. The van der Waals surface area contributed by atoms with Gasteiger partial charge in [0.15, 0.2) is 0 Å². The summed E-state index contributed by atoms with van der Waals surface area (Å²) in [4.78, 5) is 8.78. The van der Waals surface area contributed by atoms with Crippen LogP contribution in [0, 0.1) is 28.1 Å². The van der Waals surface area contributed by atoms with Gasteiger partial charge < -0.3 is 15.1 Å².